The maximum absolute atomic E-state index is 13.0. The monoisotopic (exact) mass is 496 g/mol. The van der Waals surface area contributed by atoms with E-state index in [0.717, 1.165) is 5.52 Å². The maximum Gasteiger partial charge on any atom is 0.329 e. The van der Waals surface area contributed by atoms with Crippen LogP contribution in [-0.2, 0) is 27.9 Å². The number of aryl methyl sites for hydroxylation is 1. The molecule has 1 aliphatic rings. The predicted molar refractivity (Wildman–Crippen MR) is 124 cm³/mol. The first kappa shape index (κ1) is 22.8. The summed E-state index contributed by atoms with van der Waals surface area (Å²) in [6, 6.07) is 11.8. The van der Waals surface area contributed by atoms with E-state index in [2.05, 4.69) is 0 Å². The number of hydrogen-bond acceptors (Lipinski definition) is 4. The highest BCUT2D eigenvalue weighted by Crippen LogP contribution is 2.31. The summed E-state index contributed by atoms with van der Waals surface area (Å²) in [5.41, 5.74) is 1.24. The number of rotatable bonds is 5. The highest BCUT2D eigenvalue weighted by Gasteiger charge is 2.32. The fourth-order valence-electron chi connectivity index (χ4n) is 3.97. The molecule has 0 radical (unpaired) electrons. The number of carbonyl (C=O) groups excluding carboxylic acids is 1. The molecule has 0 atom stereocenters. The van der Waals surface area contributed by atoms with Gasteiger partial charge in [-0.3, -0.25) is 13.9 Å². The van der Waals surface area contributed by atoms with E-state index in [0.29, 0.717) is 12.1 Å². The molecule has 11 heteroatoms. The Kier molecular flexibility index (Phi) is 6.35. The topological polar surface area (TPSA) is 84.6 Å². The van der Waals surface area contributed by atoms with E-state index >= 15 is 0 Å². The van der Waals surface area contributed by atoms with Gasteiger partial charge in [-0.1, -0.05) is 41.4 Å². The number of piperazine rings is 1. The summed E-state index contributed by atoms with van der Waals surface area (Å²) in [6.45, 7) is 2.98. The minimum atomic E-state index is -3.84. The molecule has 0 saturated carbocycles. The van der Waals surface area contributed by atoms with E-state index < -0.39 is 10.0 Å². The van der Waals surface area contributed by atoms with Gasteiger partial charge in [0.2, 0.25) is 15.9 Å². The number of aromatic nitrogens is 2. The fraction of sp³-hybridized carbons (Fsp3) is 0.333. The summed E-state index contributed by atoms with van der Waals surface area (Å²) in [4.78, 5) is 27.2. The summed E-state index contributed by atoms with van der Waals surface area (Å²) in [7, 11) is -3.84. The Morgan fingerprint density at radius 2 is 1.56 bits per heavy atom. The molecule has 4 rings (SSSR count). The molecule has 0 aliphatic carbocycles. The van der Waals surface area contributed by atoms with Gasteiger partial charge in [-0.25, -0.2) is 13.2 Å². The van der Waals surface area contributed by atoms with Crippen LogP contribution >= 0.6 is 23.2 Å². The number of para-hydroxylation sites is 2. The Labute approximate surface area is 195 Å². The van der Waals surface area contributed by atoms with Crippen LogP contribution in [0.1, 0.15) is 6.92 Å². The first-order chi connectivity index (χ1) is 15.3. The summed E-state index contributed by atoms with van der Waals surface area (Å²) in [5, 5.41) is 0.151. The molecule has 0 N–H and O–H groups in total. The van der Waals surface area contributed by atoms with Crippen LogP contribution in [0.4, 0.5) is 0 Å². The van der Waals surface area contributed by atoms with Gasteiger partial charge in [-0.2, -0.15) is 4.31 Å². The molecule has 1 fully saturated rings. The lowest BCUT2D eigenvalue weighted by Gasteiger charge is -2.34. The quantitative estimate of drug-likeness (QED) is 0.543. The van der Waals surface area contributed by atoms with Crippen molar-refractivity contribution >= 4 is 50.2 Å². The third-order valence-corrected chi connectivity index (χ3v) is 8.53. The van der Waals surface area contributed by atoms with Gasteiger partial charge in [-0.05, 0) is 31.2 Å². The van der Waals surface area contributed by atoms with Gasteiger partial charge in [0, 0.05) is 32.7 Å². The molecular formula is C21H22Cl2N4O4S. The minimum absolute atomic E-state index is 0.0145. The largest absolute Gasteiger partial charge is 0.338 e. The molecule has 2 heterocycles. The van der Waals surface area contributed by atoms with Crippen molar-refractivity contribution in [1.29, 1.82) is 0 Å². The van der Waals surface area contributed by atoms with Crippen LogP contribution in [0, 0.1) is 0 Å². The van der Waals surface area contributed by atoms with Crippen LogP contribution in [0.2, 0.25) is 10.0 Å². The van der Waals surface area contributed by atoms with Crippen molar-refractivity contribution in [3.8, 4) is 0 Å². The Morgan fingerprint density at radius 1 is 0.938 bits per heavy atom. The summed E-state index contributed by atoms with van der Waals surface area (Å²) >= 11 is 12.1. The van der Waals surface area contributed by atoms with Gasteiger partial charge in [0.05, 0.1) is 21.1 Å². The molecule has 0 unspecified atom stereocenters. The zero-order valence-corrected chi connectivity index (χ0v) is 19.7. The van der Waals surface area contributed by atoms with Gasteiger partial charge < -0.3 is 4.90 Å². The van der Waals surface area contributed by atoms with E-state index in [4.69, 9.17) is 23.2 Å². The lowest BCUT2D eigenvalue weighted by atomic mass is 10.3. The fourth-order valence-corrected chi connectivity index (χ4v) is 6.12. The smallest absolute Gasteiger partial charge is 0.329 e. The van der Waals surface area contributed by atoms with Gasteiger partial charge in [-0.15, -0.1) is 0 Å². The number of carbonyl (C=O) groups is 1. The van der Waals surface area contributed by atoms with E-state index in [1.165, 1.54) is 27.1 Å². The highest BCUT2D eigenvalue weighted by molar-refractivity contribution is 7.89. The van der Waals surface area contributed by atoms with Crippen molar-refractivity contribution < 1.29 is 13.2 Å². The maximum atomic E-state index is 13.0. The Morgan fingerprint density at radius 3 is 2.19 bits per heavy atom. The number of halogens is 2. The second-order valence-corrected chi connectivity index (χ2v) is 10.1. The first-order valence-corrected chi connectivity index (χ1v) is 12.3. The van der Waals surface area contributed by atoms with Crippen molar-refractivity contribution in [2.24, 2.45) is 0 Å². The standard InChI is InChI=1S/C21H22Cl2N4O4S/c1-2-26-16-7-3-4-8-17(16)27(21(26)29)14-19(28)24-10-12-25(13-11-24)32(30,31)18-9-5-6-15(22)20(18)23/h3-9H,2,10-14H2,1H3. The molecule has 32 heavy (non-hydrogen) atoms. The van der Waals surface area contributed by atoms with E-state index in [-0.39, 0.29) is 59.3 Å². The lowest BCUT2D eigenvalue weighted by molar-refractivity contribution is -0.133. The zero-order valence-electron chi connectivity index (χ0n) is 17.4. The van der Waals surface area contributed by atoms with Gasteiger partial charge in [0.15, 0.2) is 0 Å². The number of benzene rings is 2. The van der Waals surface area contributed by atoms with Gasteiger partial charge in [0.1, 0.15) is 11.4 Å². The normalized spacial score (nSPS) is 15.4. The third kappa shape index (κ3) is 3.94. The zero-order chi connectivity index (χ0) is 23.0. The average molecular weight is 497 g/mol. The second kappa shape index (κ2) is 8.90. The number of fused-ring (bicyclic) bond motifs is 1. The van der Waals surface area contributed by atoms with E-state index in [9.17, 15) is 18.0 Å². The Hall–Kier alpha value is -2.33. The van der Waals surface area contributed by atoms with Crippen molar-refractivity contribution in [2.45, 2.75) is 24.9 Å². The molecule has 1 amide bonds. The predicted octanol–water partition coefficient (Wildman–Crippen LogP) is 2.66. The summed E-state index contributed by atoms with van der Waals surface area (Å²) < 4.78 is 30.4. The van der Waals surface area contributed by atoms with Gasteiger partial charge in [0.25, 0.3) is 0 Å². The average Bonchev–Trinajstić information content (AvgIpc) is 3.06. The number of sulfonamides is 1. The first-order valence-electron chi connectivity index (χ1n) is 10.2. The molecule has 1 aromatic heterocycles. The van der Waals surface area contributed by atoms with Crippen LogP contribution in [0.3, 0.4) is 0 Å². The molecule has 3 aromatic rings. The molecule has 0 spiro atoms. The van der Waals surface area contributed by atoms with Crippen molar-refractivity contribution in [3.05, 3.63) is 63.0 Å². The number of imidazole rings is 1. The summed E-state index contributed by atoms with van der Waals surface area (Å²) in [6.07, 6.45) is 0. The van der Waals surface area contributed by atoms with Crippen molar-refractivity contribution in [1.82, 2.24) is 18.3 Å². The SMILES string of the molecule is CCn1c(=O)n(CC(=O)N2CCN(S(=O)(=O)c3cccc(Cl)c3Cl)CC2)c2ccccc21. The van der Waals surface area contributed by atoms with Crippen molar-refractivity contribution in [3.63, 3.8) is 0 Å². The molecular weight excluding hydrogens is 475 g/mol. The molecule has 0 bridgehead atoms. The molecule has 8 nitrogen and oxygen atoms in total. The molecule has 1 saturated heterocycles. The van der Waals surface area contributed by atoms with Crippen LogP contribution in [0.5, 0.6) is 0 Å². The number of amides is 1. The molecule has 2 aromatic carbocycles. The lowest BCUT2D eigenvalue weighted by Crippen LogP contribution is -2.51. The number of nitrogens with zero attached hydrogens (tertiary/aromatic N) is 4. The minimum Gasteiger partial charge on any atom is -0.338 e. The number of hydrogen-bond donors (Lipinski definition) is 0. The van der Waals surface area contributed by atoms with Gasteiger partial charge >= 0.3 is 5.69 Å². The Bertz CT molecular complexity index is 1340. The van der Waals surface area contributed by atoms with Crippen LogP contribution in [0.25, 0.3) is 11.0 Å². The van der Waals surface area contributed by atoms with Crippen molar-refractivity contribution in [2.75, 3.05) is 26.2 Å². The molecule has 1 aliphatic heterocycles. The van der Waals surface area contributed by atoms with Crippen LogP contribution in [0.15, 0.2) is 52.2 Å². The van der Waals surface area contributed by atoms with E-state index in [1.807, 2.05) is 31.2 Å². The van der Waals surface area contributed by atoms with Crippen LogP contribution < -0.4 is 5.69 Å². The Balaban J connectivity index is 1.49. The highest BCUT2D eigenvalue weighted by atomic mass is 35.5. The van der Waals surface area contributed by atoms with E-state index in [1.54, 1.807) is 9.47 Å². The molecule has 170 valence electrons. The van der Waals surface area contributed by atoms with Crippen LogP contribution in [-0.4, -0.2) is 58.8 Å². The third-order valence-electron chi connectivity index (χ3n) is 5.66. The summed E-state index contributed by atoms with van der Waals surface area (Å²) in [5.74, 6) is -0.232. The second-order valence-electron chi connectivity index (χ2n) is 7.44.